The molecule has 2 aromatic heterocycles. The van der Waals surface area contributed by atoms with Gasteiger partial charge in [-0.15, -0.1) is 0 Å². The summed E-state index contributed by atoms with van der Waals surface area (Å²) in [6, 6.07) is 0.589. The number of amides is 1. The number of nitrogens with zero attached hydrogens (tertiary/aromatic N) is 5. The number of likely N-dealkylation sites (tertiary alicyclic amines) is 1. The van der Waals surface area contributed by atoms with Crippen LogP contribution in [0.4, 0.5) is 0 Å². The lowest BCUT2D eigenvalue weighted by Gasteiger charge is -2.20. The molecule has 1 atom stereocenters. The molecule has 1 fully saturated rings. The molecule has 0 radical (unpaired) electrons. The van der Waals surface area contributed by atoms with Crippen LogP contribution in [0.25, 0.3) is 5.78 Å². The van der Waals surface area contributed by atoms with E-state index in [0.29, 0.717) is 30.6 Å². The van der Waals surface area contributed by atoms with Gasteiger partial charge in [-0.05, 0) is 58.6 Å². The van der Waals surface area contributed by atoms with Gasteiger partial charge >= 0.3 is 0 Å². The van der Waals surface area contributed by atoms with Crippen LogP contribution in [0.15, 0.2) is 6.33 Å². The van der Waals surface area contributed by atoms with Gasteiger partial charge in [0, 0.05) is 36.9 Å². The molecule has 1 N–H and O–H groups in total. The van der Waals surface area contributed by atoms with E-state index in [2.05, 4.69) is 39.1 Å². The molecule has 25 heavy (non-hydrogen) atoms. The summed E-state index contributed by atoms with van der Waals surface area (Å²) in [4.78, 5) is 23.3. The third-order valence-corrected chi connectivity index (χ3v) is 5.23. The molecule has 136 valence electrons. The third kappa shape index (κ3) is 3.98. The van der Waals surface area contributed by atoms with Crippen molar-refractivity contribution in [3.63, 3.8) is 0 Å². The maximum Gasteiger partial charge on any atom is 0.252 e. The van der Waals surface area contributed by atoms with Crippen LogP contribution >= 0.6 is 0 Å². The van der Waals surface area contributed by atoms with Crippen molar-refractivity contribution < 1.29 is 4.79 Å². The highest BCUT2D eigenvalue weighted by molar-refractivity contribution is 5.76. The van der Waals surface area contributed by atoms with Gasteiger partial charge in [-0.25, -0.2) is 9.50 Å². The van der Waals surface area contributed by atoms with E-state index in [-0.39, 0.29) is 5.91 Å². The van der Waals surface area contributed by atoms with Crippen LogP contribution in [0, 0.1) is 19.8 Å². The zero-order chi connectivity index (χ0) is 18.0. The normalized spacial score (nSPS) is 18.4. The zero-order valence-electron chi connectivity index (χ0n) is 15.6. The number of hydrogen-bond donors (Lipinski definition) is 1. The highest BCUT2D eigenvalue weighted by Crippen LogP contribution is 2.18. The van der Waals surface area contributed by atoms with E-state index in [1.807, 2.05) is 13.8 Å². The number of aromatic nitrogens is 4. The van der Waals surface area contributed by atoms with E-state index in [1.54, 1.807) is 4.52 Å². The van der Waals surface area contributed by atoms with Crippen molar-refractivity contribution in [2.24, 2.45) is 5.92 Å². The topological polar surface area (TPSA) is 75.4 Å². The van der Waals surface area contributed by atoms with Crippen LogP contribution < -0.4 is 5.32 Å². The highest BCUT2D eigenvalue weighted by Gasteiger charge is 2.24. The Kier molecular flexibility index (Phi) is 5.32. The Morgan fingerprint density at radius 1 is 1.40 bits per heavy atom. The Balaban J connectivity index is 1.51. The second kappa shape index (κ2) is 7.47. The van der Waals surface area contributed by atoms with Gasteiger partial charge in [-0.1, -0.05) is 0 Å². The lowest BCUT2D eigenvalue weighted by molar-refractivity contribution is -0.121. The summed E-state index contributed by atoms with van der Waals surface area (Å²) in [6.45, 7) is 11.4. The number of hydrogen-bond acceptors (Lipinski definition) is 5. The molecule has 0 aliphatic carbocycles. The molecule has 1 amide bonds. The van der Waals surface area contributed by atoms with Crippen molar-refractivity contribution in [2.75, 3.05) is 19.6 Å². The minimum atomic E-state index is 0.112. The molecule has 1 aliphatic rings. The molecule has 1 aliphatic heterocycles. The van der Waals surface area contributed by atoms with Crippen LogP contribution in [0.5, 0.6) is 0 Å². The third-order valence-electron chi connectivity index (χ3n) is 5.23. The van der Waals surface area contributed by atoms with E-state index >= 15 is 0 Å². The summed E-state index contributed by atoms with van der Waals surface area (Å²) in [6.07, 6.45) is 3.83. The Morgan fingerprint density at radius 3 is 2.92 bits per heavy atom. The first kappa shape index (κ1) is 17.8. The Morgan fingerprint density at radius 2 is 2.20 bits per heavy atom. The van der Waals surface area contributed by atoms with Gasteiger partial charge in [-0.3, -0.25) is 4.79 Å². The monoisotopic (exact) mass is 344 g/mol. The maximum absolute atomic E-state index is 12.2. The fourth-order valence-electron chi connectivity index (χ4n) is 3.60. The van der Waals surface area contributed by atoms with Crippen molar-refractivity contribution in [1.29, 1.82) is 0 Å². The molecular formula is C18H28N6O. The van der Waals surface area contributed by atoms with Crippen LogP contribution in [-0.2, 0) is 11.2 Å². The van der Waals surface area contributed by atoms with Crippen molar-refractivity contribution in [2.45, 2.75) is 53.0 Å². The average molecular weight is 344 g/mol. The van der Waals surface area contributed by atoms with Crippen molar-refractivity contribution in [3.8, 4) is 0 Å². The van der Waals surface area contributed by atoms with Crippen LogP contribution in [-0.4, -0.2) is 56.1 Å². The van der Waals surface area contributed by atoms with E-state index in [4.69, 9.17) is 0 Å². The summed E-state index contributed by atoms with van der Waals surface area (Å²) in [5.41, 5.74) is 3.02. The first-order valence-corrected chi connectivity index (χ1v) is 9.12. The van der Waals surface area contributed by atoms with E-state index in [1.165, 1.54) is 12.7 Å². The Labute approximate surface area is 148 Å². The van der Waals surface area contributed by atoms with Gasteiger partial charge in [-0.2, -0.15) is 10.1 Å². The quantitative estimate of drug-likeness (QED) is 0.860. The Bertz CT molecular complexity index is 753. The molecule has 2 aromatic rings. The lowest BCUT2D eigenvalue weighted by atomic mass is 10.1. The van der Waals surface area contributed by atoms with Crippen molar-refractivity contribution in [1.82, 2.24) is 29.8 Å². The molecule has 0 spiro atoms. The summed E-state index contributed by atoms with van der Waals surface area (Å²) in [5, 5.41) is 7.30. The van der Waals surface area contributed by atoms with Crippen LogP contribution in [0.1, 0.15) is 43.6 Å². The number of fused-ring (bicyclic) bond motifs is 1. The number of rotatable bonds is 6. The first-order valence-electron chi connectivity index (χ1n) is 9.12. The lowest BCUT2D eigenvalue weighted by Crippen LogP contribution is -2.33. The first-order chi connectivity index (χ1) is 12.0. The fourth-order valence-corrected chi connectivity index (χ4v) is 3.60. The smallest absolute Gasteiger partial charge is 0.252 e. The molecule has 7 nitrogen and oxygen atoms in total. The standard InChI is InChI=1S/C18H28N6O/c1-12(2)23-8-7-15(10-23)9-19-17(25)6-5-16-13(3)22-18-20-11-21-24(18)14(16)4/h11-12,15H,5-10H2,1-4H3,(H,19,25). The number of aryl methyl sites for hydroxylation is 2. The maximum atomic E-state index is 12.2. The molecule has 0 aromatic carbocycles. The molecule has 3 heterocycles. The SMILES string of the molecule is Cc1nc2ncnn2c(C)c1CCC(=O)NCC1CCN(C(C)C)C1. The predicted octanol–water partition coefficient (Wildman–Crippen LogP) is 1.52. The molecule has 0 bridgehead atoms. The average Bonchev–Trinajstić information content (AvgIpc) is 3.21. The predicted molar refractivity (Wildman–Crippen MR) is 96.4 cm³/mol. The van der Waals surface area contributed by atoms with Crippen molar-refractivity contribution >= 4 is 11.7 Å². The van der Waals surface area contributed by atoms with E-state index in [0.717, 1.165) is 36.6 Å². The fraction of sp³-hybridized carbons (Fsp3) is 0.667. The molecule has 1 saturated heterocycles. The molecular weight excluding hydrogens is 316 g/mol. The summed E-state index contributed by atoms with van der Waals surface area (Å²) >= 11 is 0. The summed E-state index contributed by atoms with van der Waals surface area (Å²) < 4.78 is 1.74. The van der Waals surface area contributed by atoms with Crippen LogP contribution in [0.3, 0.4) is 0 Å². The molecule has 1 unspecified atom stereocenters. The van der Waals surface area contributed by atoms with E-state index < -0.39 is 0 Å². The molecule has 7 heteroatoms. The number of carbonyl (C=O) groups excluding carboxylic acids is 1. The van der Waals surface area contributed by atoms with Gasteiger partial charge in [0.2, 0.25) is 5.91 Å². The summed E-state index contributed by atoms with van der Waals surface area (Å²) in [5.74, 6) is 1.29. The van der Waals surface area contributed by atoms with Gasteiger partial charge in [0.15, 0.2) is 0 Å². The molecule has 0 saturated carbocycles. The Hall–Kier alpha value is -2.02. The minimum Gasteiger partial charge on any atom is -0.356 e. The largest absolute Gasteiger partial charge is 0.356 e. The second-order valence-electron chi connectivity index (χ2n) is 7.28. The zero-order valence-corrected chi connectivity index (χ0v) is 15.6. The minimum absolute atomic E-state index is 0.112. The van der Waals surface area contributed by atoms with Gasteiger partial charge in [0.25, 0.3) is 5.78 Å². The van der Waals surface area contributed by atoms with Crippen molar-refractivity contribution in [3.05, 3.63) is 23.3 Å². The summed E-state index contributed by atoms with van der Waals surface area (Å²) in [7, 11) is 0. The molecule has 3 rings (SSSR count). The number of carbonyl (C=O) groups is 1. The van der Waals surface area contributed by atoms with Gasteiger partial charge in [0.1, 0.15) is 6.33 Å². The second-order valence-corrected chi connectivity index (χ2v) is 7.28. The van der Waals surface area contributed by atoms with Gasteiger partial charge < -0.3 is 10.2 Å². The van der Waals surface area contributed by atoms with Crippen LogP contribution in [0.2, 0.25) is 0 Å². The van der Waals surface area contributed by atoms with E-state index in [9.17, 15) is 4.79 Å². The highest BCUT2D eigenvalue weighted by atomic mass is 16.1. The number of nitrogens with one attached hydrogen (secondary N) is 1. The van der Waals surface area contributed by atoms with Gasteiger partial charge in [0.05, 0.1) is 0 Å².